The number of likely N-dealkylation sites (tertiary alicyclic amines) is 1. The van der Waals surface area contributed by atoms with Crippen LogP contribution in [-0.4, -0.2) is 86.2 Å². The Kier molecular flexibility index (Phi) is 11.8. The minimum atomic E-state index is -0.466. The molecule has 0 spiro atoms. The number of furan rings is 1. The summed E-state index contributed by atoms with van der Waals surface area (Å²) in [6, 6.07) is 4.06. The molecular formula is C23H42IN5O3. The molecule has 2 rings (SSSR count). The van der Waals surface area contributed by atoms with Crippen molar-refractivity contribution < 1.29 is 13.9 Å². The van der Waals surface area contributed by atoms with Crippen LogP contribution in [0, 0.1) is 5.92 Å². The molecule has 1 aliphatic rings. The molecule has 8 nitrogen and oxygen atoms in total. The van der Waals surface area contributed by atoms with Crippen LogP contribution >= 0.6 is 24.0 Å². The Morgan fingerprint density at radius 1 is 1.34 bits per heavy atom. The number of piperidine rings is 1. The molecule has 1 saturated heterocycles. The highest BCUT2D eigenvalue weighted by atomic mass is 127. The van der Waals surface area contributed by atoms with E-state index in [9.17, 15) is 4.79 Å². The number of halogens is 1. The van der Waals surface area contributed by atoms with Gasteiger partial charge in [0.1, 0.15) is 11.4 Å². The van der Waals surface area contributed by atoms with E-state index in [4.69, 9.17) is 9.15 Å². The van der Waals surface area contributed by atoms with E-state index in [1.165, 1.54) is 0 Å². The number of guanidine groups is 1. The normalized spacial score (nSPS) is 16.5. The first kappa shape index (κ1) is 28.5. The average molecular weight is 564 g/mol. The first-order valence-electron chi connectivity index (χ1n) is 11.3. The quantitative estimate of drug-likeness (QED) is 0.307. The molecule has 184 valence electrons. The lowest BCUT2D eigenvalue weighted by atomic mass is 9.96. The Morgan fingerprint density at radius 2 is 2.00 bits per heavy atom. The smallest absolute Gasteiger partial charge is 0.410 e. The highest BCUT2D eigenvalue weighted by Crippen LogP contribution is 2.21. The Hall–Kier alpha value is -1.49. The predicted molar refractivity (Wildman–Crippen MR) is 140 cm³/mol. The molecule has 1 aromatic rings. The number of nitrogens with zero attached hydrogens (tertiary/aromatic N) is 4. The van der Waals surface area contributed by atoms with Crippen LogP contribution in [0.3, 0.4) is 0 Å². The molecule has 1 amide bonds. The van der Waals surface area contributed by atoms with Gasteiger partial charge in [-0.2, -0.15) is 0 Å². The van der Waals surface area contributed by atoms with Crippen LogP contribution in [-0.2, 0) is 4.74 Å². The number of carbonyl (C=O) groups is 1. The van der Waals surface area contributed by atoms with E-state index in [0.717, 1.165) is 50.7 Å². The average Bonchev–Trinajstić information content (AvgIpc) is 3.22. The third-order valence-electron chi connectivity index (χ3n) is 5.59. The molecule has 32 heavy (non-hydrogen) atoms. The van der Waals surface area contributed by atoms with Crippen molar-refractivity contribution in [3.8, 4) is 0 Å². The van der Waals surface area contributed by atoms with E-state index in [-0.39, 0.29) is 36.1 Å². The summed E-state index contributed by atoms with van der Waals surface area (Å²) in [7, 11) is 5.92. The van der Waals surface area contributed by atoms with E-state index in [2.05, 4.69) is 20.1 Å². The topological polar surface area (TPSA) is 73.5 Å². The number of aliphatic imine (C=N–C) groups is 1. The second kappa shape index (κ2) is 13.3. The minimum Gasteiger partial charge on any atom is -0.468 e. The maximum Gasteiger partial charge on any atom is 0.410 e. The van der Waals surface area contributed by atoms with Gasteiger partial charge in [-0.3, -0.25) is 9.89 Å². The van der Waals surface area contributed by atoms with Gasteiger partial charge in [0, 0.05) is 39.8 Å². The summed E-state index contributed by atoms with van der Waals surface area (Å²) < 4.78 is 11.2. The maximum atomic E-state index is 12.4. The molecular weight excluding hydrogens is 521 g/mol. The van der Waals surface area contributed by atoms with Crippen LogP contribution in [0.4, 0.5) is 4.79 Å². The molecule has 1 aromatic heterocycles. The molecule has 1 atom stereocenters. The molecule has 1 fully saturated rings. The largest absolute Gasteiger partial charge is 0.468 e. The van der Waals surface area contributed by atoms with Gasteiger partial charge in [-0.15, -0.1) is 24.0 Å². The second-order valence-electron chi connectivity index (χ2n) is 9.37. The second-order valence-corrected chi connectivity index (χ2v) is 9.37. The van der Waals surface area contributed by atoms with Gasteiger partial charge in [-0.05, 0) is 72.7 Å². The van der Waals surface area contributed by atoms with E-state index in [1.807, 2.05) is 65.9 Å². The van der Waals surface area contributed by atoms with Crippen LogP contribution in [0.1, 0.15) is 52.3 Å². The maximum absolute atomic E-state index is 12.4. The summed E-state index contributed by atoms with van der Waals surface area (Å²) in [6.07, 6.45) is 3.54. The number of hydrogen-bond acceptors (Lipinski definition) is 5. The Bertz CT molecular complexity index is 695. The van der Waals surface area contributed by atoms with Crippen LogP contribution in [0.15, 0.2) is 27.8 Å². The molecule has 0 aromatic carbocycles. The van der Waals surface area contributed by atoms with Crippen LogP contribution in [0.25, 0.3) is 0 Å². The first-order valence-corrected chi connectivity index (χ1v) is 11.3. The number of rotatable bonds is 7. The number of amides is 1. The van der Waals surface area contributed by atoms with Gasteiger partial charge in [0.05, 0.1) is 12.3 Å². The molecule has 0 bridgehead atoms. The van der Waals surface area contributed by atoms with Crippen molar-refractivity contribution in [1.29, 1.82) is 0 Å². The fourth-order valence-electron chi connectivity index (χ4n) is 3.84. The van der Waals surface area contributed by atoms with Gasteiger partial charge >= 0.3 is 6.09 Å². The zero-order valence-electron chi connectivity index (χ0n) is 20.8. The highest BCUT2D eigenvalue weighted by molar-refractivity contribution is 14.0. The third kappa shape index (κ3) is 8.80. The van der Waals surface area contributed by atoms with Crippen molar-refractivity contribution in [2.75, 3.05) is 53.9 Å². The van der Waals surface area contributed by atoms with Crippen LogP contribution < -0.4 is 5.32 Å². The van der Waals surface area contributed by atoms with Crippen LogP contribution in [0.2, 0.25) is 0 Å². The molecule has 1 N–H and O–H groups in total. The summed E-state index contributed by atoms with van der Waals surface area (Å²) in [5.74, 6) is 2.32. The molecule has 0 aliphatic carbocycles. The number of likely N-dealkylation sites (N-methyl/N-ethyl adjacent to an activating group) is 1. The zero-order chi connectivity index (χ0) is 23.0. The summed E-state index contributed by atoms with van der Waals surface area (Å²) in [6.45, 7) is 11.7. The Labute approximate surface area is 210 Å². The fourth-order valence-corrected chi connectivity index (χ4v) is 3.84. The van der Waals surface area contributed by atoms with Gasteiger partial charge in [-0.25, -0.2) is 4.79 Å². The lowest BCUT2D eigenvalue weighted by molar-refractivity contribution is 0.0214. The SMILES string of the molecule is CCN(CC1CCN(C(=NC)NCC(c2ccco2)N(C)C)CC1)C(=O)OC(C)(C)C.I. The number of nitrogens with one attached hydrogen (secondary N) is 1. The van der Waals surface area contributed by atoms with Crippen molar-refractivity contribution in [3.05, 3.63) is 24.2 Å². The van der Waals surface area contributed by atoms with E-state index >= 15 is 0 Å². The summed E-state index contributed by atoms with van der Waals surface area (Å²) in [4.78, 5) is 23.2. The zero-order valence-corrected chi connectivity index (χ0v) is 23.1. The van der Waals surface area contributed by atoms with Crippen molar-refractivity contribution in [1.82, 2.24) is 20.0 Å². The fraction of sp³-hybridized carbons (Fsp3) is 0.739. The standard InChI is InChI=1S/C23H41N5O3.HI/c1-8-27(22(29)31-23(2,3)4)17-18-11-13-28(14-12-18)21(24-5)25-16-19(26(6)7)20-10-9-15-30-20;/h9-10,15,18-19H,8,11-14,16-17H2,1-7H3,(H,24,25);1H. The highest BCUT2D eigenvalue weighted by Gasteiger charge is 2.27. The number of carbonyl (C=O) groups excluding carboxylic acids is 1. The Balaban J connectivity index is 0.00000512. The van der Waals surface area contributed by atoms with Gasteiger partial charge in [0.25, 0.3) is 0 Å². The van der Waals surface area contributed by atoms with Crippen molar-refractivity contribution in [2.24, 2.45) is 10.9 Å². The number of hydrogen-bond donors (Lipinski definition) is 1. The van der Waals surface area contributed by atoms with Gasteiger partial charge < -0.3 is 24.3 Å². The lowest BCUT2D eigenvalue weighted by Crippen LogP contribution is -2.49. The molecule has 1 aliphatic heterocycles. The van der Waals surface area contributed by atoms with Crippen molar-refractivity contribution in [2.45, 2.75) is 52.2 Å². The van der Waals surface area contributed by atoms with E-state index in [0.29, 0.717) is 12.5 Å². The predicted octanol–water partition coefficient (Wildman–Crippen LogP) is 4.04. The summed E-state index contributed by atoms with van der Waals surface area (Å²) in [5.41, 5.74) is -0.466. The summed E-state index contributed by atoms with van der Waals surface area (Å²) in [5, 5.41) is 3.51. The van der Waals surface area contributed by atoms with E-state index < -0.39 is 5.60 Å². The molecule has 2 heterocycles. The monoisotopic (exact) mass is 563 g/mol. The van der Waals surface area contributed by atoms with Crippen molar-refractivity contribution in [3.63, 3.8) is 0 Å². The van der Waals surface area contributed by atoms with Crippen LogP contribution in [0.5, 0.6) is 0 Å². The van der Waals surface area contributed by atoms with Crippen molar-refractivity contribution >= 4 is 36.0 Å². The van der Waals surface area contributed by atoms with E-state index in [1.54, 1.807) is 6.26 Å². The third-order valence-corrected chi connectivity index (χ3v) is 5.59. The Morgan fingerprint density at radius 3 is 2.47 bits per heavy atom. The lowest BCUT2D eigenvalue weighted by Gasteiger charge is -2.37. The van der Waals surface area contributed by atoms with Gasteiger partial charge in [-0.1, -0.05) is 0 Å². The summed E-state index contributed by atoms with van der Waals surface area (Å²) >= 11 is 0. The first-order chi connectivity index (χ1) is 14.6. The van der Waals surface area contributed by atoms with Gasteiger partial charge in [0.15, 0.2) is 5.96 Å². The van der Waals surface area contributed by atoms with Gasteiger partial charge in [0.2, 0.25) is 0 Å². The minimum absolute atomic E-state index is 0. The molecule has 1 unspecified atom stereocenters. The molecule has 9 heteroatoms. The molecule has 0 radical (unpaired) electrons. The molecule has 0 saturated carbocycles. The number of ether oxygens (including phenoxy) is 1.